The summed E-state index contributed by atoms with van der Waals surface area (Å²) in [4.78, 5) is 45.0. The Balaban J connectivity index is 1.69. The van der Waals surface area contributed by atoms with Crippen LogP contribution in [0.15, 0.2) is 42.0 Å². The fourth-order valence-electron chi connectivity index (χ4n) is 4.26. The highest BCUT2D eigenvalue weighted by atomic mass is 35.5. The van der Waals surface area contributed by atoms with Gasteiger partial charge in [0.2, 0.25) is 0 Å². The van der Waals surface area contributed by atoms with Gasteiger partial charge >= 0.3 is 11.9 Å². The number of aryl methyl sites for hydroxylation is 1. The van der Waals surface area contributed by atoms with Crippen LogP contribution in [0.5, 0.6) is 11.5 Å². The lowest BCUT2D eigenvalue weighted by Crippen LogP contribution is -2.29. The number of nitrogens with zero attached hydrogens (tertiary/aromatic N) is 2. The Morgan fingerprint density at radius 2 is 1.89 bits per heavy atom. The smallest absolute Gasteiger partial charge is 0.350 e. The fourth-order valence-corrected chi connectivity index (χ4v) is 5.76. The maximum absolute atomic E-state index is 13.4. The molecule has 1 fully saturated rings. The second-order valence-electron chi connectivity index (χ2n) is 8.32. The van der Waals surface area contributed by atoms with E-state index in [0.29, 0.717) is 41.0 Å². The summed E-state index contributed by atoms with van der Waals surface area (Å²) in [5.41, 5.74) is 0.698. The van der Waals surface area contributed by atoms with Crippen LogP contribution in [0.1, 0.15) is 39.5 Å². The van der Waals surface area contributed by atoms with E-state index in [0.717, 1.165) is 16.2 Å². The maximum Gasteiger partial charge on any atom is 0.350 e. The number of anilines is 1. The zero-order valence-corrected chi connectivity index (χ0v) is 22.4. The Labute approximate surface area is 231 Å². The van der Waals surface area contributed by atoms with Crippen molar-refractivity contribution in [2.24, 2.45) is 0 Å². The number of benzene rings is 2. The minimum Gasteiger partial charge on any atom is -0.507 e. The zero-order chi connectivity index (χ0) is 27.1. The molecule has 5 rings (SSSR count). The van der Waals surface area contributed by atoms with Gasteiger partial charge in [-0.15, -0.1) is 0 Å². The molecular formula is C26H20Cl2N2O7S. The van der Waals surface area contributed by atoms with E-state index in [1.54, 1.807) is 38.1 Å². The van der Waals surface area contributed by atoms with Crippen molar-refractivity contribution >= 4 is 63.1 Å². The summed E-state index contributed by atoms with van der Waals surface area (Å²) in [6.07, 6.45) is 0. The predicted molar refractivity (Wildman–Crippen MR) is 141 cm³/mol. The Bertz CT molecular complexity index is 1520. The van der Waals surface area contributed by atoms with E-state index >= 15 is 0 Å². The number of ether oxygens (including phenoxy) is 3. The van der Waals surface area contributed by atoms with Gasteiger partial charge in [-0.25, -0.2) is 9.78 Å². The molecular weight excluding hydrogens is 555 g/mol. The van der Waals surface area contributed by atoms with Crippen LogP contribution in [0.2, 0.25) is 10.0 Å². The number of halogens is 2. The molecule has 2 aliphatic rings. The van der Waals surface area contributed by atoms with Crippen molar-refractivity contribution < 1.29 is 33.7 Å². The first kappa shape index (κ1) is 26.0. The van der Waals surface area contributed by atoms with Crippen molar-refractivity contribution in [2.45, 2.75) is 19.9 Å². The van der Waals surface area contributed by atoms with Gasteiger partial charge in [-0.05, 0) is 49.7 Å². The standard InChI is InChI=1S/C26H20Cl2N2O7S/c1-3-35-25(34)23-12(2)29-26(38-23)30-20(15-6-5-14(27)11-16(15)28)19(22(32)24(30)33)21(31)13-4-7-17-18(10-13)37-9-8-36-17/h4-7,10-11,20,31H,3,8-9H2,1-2H3. The van der Waals surface area contributed by atoms with Crippen LogP contribution in [0.3, 0.4) is 0 Å². The summed E-state index contributed by atoms with van der Waals surface area (Å²) >= 11 is 13.5. The van der Waals surface area contributed by atoms with Gasteiger partial charge in [-0.3, -0.25) is 14.5 Å². The van der Waals surface area contributed by atoms with Gasteiger partial charge < -0.3 is 19.3 Å². The third-order valence-electron chi connectivity index (χ3n) is 5.97. The molecule has 12 heteroatoms. The molecule has 3 heterocycles. The first-order valence-electron chi connectivity index (χ1n) is 11.5. The first-order valence-corrected chi connectivity index (χ1v) is 13.1. The number of esters is 1. The number of thiazole rings is 1. The Kier molecular flexibility index (Phi) is 7.04. The third kappa shape index (κ3) is 4.48. The highest BCUT2D eigenvalue weighted by molar-refractivity contribution is 7.17. The molecule has 9 nitrogen and oxygen atoms in total. The number of carbonyl (C=O) groups excluding carboxylic acids is 3. The molecule has 0 saturated carbocycles. The molecule has 1 atom stereocenters. The first-order chi connectivity index (χ1) is 18.2. The van der Waals surface area contributed by atoms with Gasteiger partial charge in [0.25, 0.3) is 5.78 Å². The van der Waals surface area contributed by atoms with Crippen molar-refractivity contribution in [1.82, 2.24) is 4.98 Å². The van der Waals surface area contributed by atoms with Crippen molar-refractivity contribution in [3.05, 3.63) is 73.7 Å². The van der Waals surface area contributed by atoms with Gasteiger partial charge in [0.05, 0.1) is 23.9 Å². The molecule has 38 heavy (non-hydrogen) atoms. The summed E-state index contributed by atoms with van der Waals surface area (Å²) in [5.74, 6) is -2.02. The normalized spacial score (nSPS) is 18.1. The van der Waals surface area contributed by atoms with E-state index in [1.807, 2.05) is 0 Å². The molecule has 0 spiro atoms. The van der Waals surface area contributed by atoms with Gasteiger partial charge in [0.1, 0.15) is 23.9 Å². The minimum atomic E-state index is -1.16. The quantitative estimate of drug-likeness (QED) is 0.188. The molecule has 2 aromatic carbocycles. The van der Waals surface area contributed by atoms with E-state index < -0.39 is 29.5 Å². The fraction of sp³-hybridized carbons (Fsp3) is 0.231. The number of hydrogen-bond donors (Lipinski definition) is 1. The molecule has 1 saturated heterocycles. The largest absolute Gasteiger partial charge is 0.507 e. The molecule has 2 aliphatic heterocycles. The van der Waals surface area contributed by atoms with Crippen LogP contribution in [-0.2, 0) is 14.3 Å². The van der Waals surface area contributed by atoms with Crippen molar-refractivity contribution in [1.29, 1.82) is 0 Å². The van der Waals surface area contributed by atoms with E-state index in [4.69, 9.17) is 37.4 Å². The van der Waals surface area contributed by atoms with Gasteiger partial charge in [0.15, 0.2) is 16.6 Å². The van der Waals surface area contributed by atoms with Crippen LogP contribution in [0, 0.1) is 6.92 Å². The number of carbonyl (C=O) groups is 3. The minimum absolute atomic E-state index is 0.0740. The summed E-state index contributed by atoms with van der Waals surface area (Å²) < 4.78 is 16.2. The zero-order valence-electron chi connectivity index (χ0n) is 20.1. The molecule has 1 N–H and O–H groups in total. The molecule has 1 amide bonds. The number of hydrogen-bond acceptors (Lipinski definition) is 9. The van der Waals surface area contributed by atoms with Gasteiger partial charge in [0, 0.05) is 15.6 Å². The second-order valence-corrected chi connectivity index (χ2v) is 10.1. The molecule has 1 unspecified atom stereocenters. The highest BCUT2D eigenvalue weighted by Gasteiger charge is 2.49. The topological polar surface area (TPSA) is 115 Å². The lowest BCUT2D eigenvalue weighted by molar-refractivity contribution is -0.132. The average molecular weight is 575 g/mol. The average Bonchev–Trinajstić information content (AvgIpc) is 3.40. The highest BCUT2D eigenvalue weighted by Crippen LogP contribution is 2.46. The summed E-state index contributed by atoms with van der Waals surface area (Å²) in [7, 11) is 0. The number of ketones is 1. The predicted octanol–water partition coefficient (Wildman–Crippen LogP) is 5.33. The summed E-state index contributed by atoms with van der Waals surface area (Å²) in [6.45, 7) is 4.15. The third-order valence-corrected chi connectivity index (χ3v) is 7.67. The molecule has 196 valence electrons. The number of fused-ring (bicyclic) bond motifs is 1. The lowest BCUT2D eigenvalue weighted by atomic mass is 9.95. The molecule has 1 aromatic heterocycles. The van der Waals surface area contributed by atoms with Crippen molar-refractivity contribution in [2.75, 3.05) is 24.7 Å². The van der Waals surface area contributed by atoms with Crippen molar-refractivity contribution in [3.8, 4) is 11.5 Å². The Morgan fingerprint density at radius 3 is 2.61 bits per heavy atom. The summed E-state index contributed by atoms with van der Waals surface area (Å²) in [6, 6.07) is 8.14. The SMILES string of the molecule is CCOC(=O)c1sc(N2C(=O)C(=O)C(=C(O)c3ccc4c(c3)OCCO4)C2c2ccc(Cl)cc2Cl)nc1C. The number of aliphatic hydroxyl groups excluding tert-OH is 1. The molecule has 0 bridgehead atoms. The van der Waals surface area contributed by atoms with E-state index in [1.165, 1.54) is 12.1 Å². The second kappa shape index (κ2) is 10.3. The van der Waals surface area contributed by atoms with Crippen LogP contribution in [-0.4, -0.2) is 47.6 Å². The van der Waals surface area contributed by atoms with Crippen LogP contribution >= 0.6 is 34.5 Å². The molecule has 0 aliphatic carbocycles. The number of aromatic nitrogens is 1. The Hall–Kier alpha value is -3.60. The number of aliphatic hydroxyl groups is 1. The van der Waals surface area contributed by atoms with Crippen LogP contribution in [0.4, 0.5) is 5.13 Å². The van der Waals surface area contributed by atoms with Crippen molar-refractivity contribution in [3.63, 3.8) is 0 Å². The summed E-state index contributed by atoms with van der Waals surface area (Å²) in [5, 5.41) is 12.0. The Morgan fingerprint density at radius 1 is 1.16 bits per heavy atom. The van der Waals surface area contributed by atoms with Gasteiger partial charge in [-0.1, -0.05) is 40.6 Å². The maximum atomic E-state index is 13.4. The monoisotopic (exact) mass is 574 g/mol. The van der Waals surface area contributed by atoms with Gasteiger partial charge in [-0.2, -0.15) is 0 Å². The molecule has 3 aromatic rings. The van der Waals surface area contributed by atoms with E-state index in [2.05, 4.69) is 4.98 Å². The van der Waals surface area contributed by atoms with Crippen LogP contribution in [0.25, 0.3) is 5.76 Å². The number of Topliss-reactive ketones (excluding diaryl/α,β-unsaturated/α-hetero) is 1. The lowest BCUT2D eigenvalue weighted by Gasteiger charge is -2.24. The van der Waals surface area contributed by atoms with Crippen LogP contribution < -0.4 is 14.4 Å². The number of amides is 1. The van der Waals surface area contributed by atoms with E-state index in [-0.39, 0.29) is 32.8 Å². The molecule has 0 radical (unpaired) electrons. The number of rotatable bonds is 5. The van der Waals surface area contributed by atoms with E-state index in [9.17, 15) is 19.5 Å².